The predicted octanol–water partition coefficient (Wildman–Crippen LogP) is 4.50. The molecule has 3 aromatic carbocycles. The zero-order valence-electron chi connectivity index (χ0n) is 12.8. The molecule has 0 atom stereocenters. The van der Waals surface area contributed by atoms with Crippen LogP contribution in [-0.4, -0.2) is 13.0 Å². The lowest BCUT2D eigenvalue weighted by atomic mass is 10.0. The monoisotopic (exact) mass is 303 g/mol. The second-order valence-corrected chi connectivity index (χ2v) is 5.12. The lowest BCUT2D eigenvalue weighted by Gasteiger charge is -2.04. The van der Waals surface area contributed by atoms with Crippen molar-refractivity contribution in [3.8, 4) is 5.75 Å². The number of hydrogen-bond acceptors (Lipinski definition) is 2. The Morgan fingerprint density at radius 2 is 1.70 bits per heavy atom. The van der Waals surface area contributed by atoms with E-state index in [9.17, 15) is 4.79 Å². The molecule has 0 aromatic heterocycles. The zero-order valence-corrected chi connectivity index (χ0v) is 12.8. The first kappa shape index (κ1) is 14.9. The van der Waals surface area contributed by atoms with Crippen LogP contribution in [0.2, 0.25) is 0 Å². The highest BCUT2D eigenvalue weighted by molar-refractivity contribution is 6.03. The number of nitrogens with one attached hydrogen (secondary N) is 1. The molecule has 1 amide bonds. The van der Waals surface area contributed by atoms with Gasteiger partial charge < -0.3 is 10.1 Å². The summed E-state index contributed by atoms with van der Waals surface area (Å²) in [5.74, 6) is 0.595. The number of amides is 1. The van der Waals surface area contributed by atoms with Gasteiger partial charge in [-0.3, -0.25) is 4.79 Å². The van der Waals surface area contributed by atoms with Gasteiger partial charge in [0, 0.05) is 11.8 Å². The second kappa shape index (κ2) is 6.79. The van der Waals surface area contributed by atoms with Crippen molar-refractivity contribution in [2.24, 2.45) is 0 Å². The molecule has 0 fully saturated rings. The average Bonchev–Trinajstić information content (AvgIpc) is 2.60. The molecule has 0 aliphatic carbocycles. The van der Waals surface area contributed by atoms with Gasteiger partial charge in [0.25, 0.3) is 0 Å². The Balaban J connectivity index is 1.74. The van der Waals surface area contributed by atoms with Gasteiger partial charge in [-0.2, -0.15) is 0 Å². The zero-order chi connectivity index (χ0) is 16.1. The minimum absolute atomic E-state index is 0.164. The molecule has 0 bridgehead atoms. The van der Waals surface area contributed by atoms with E-state index < -0.39 is 0 Å². The summed E-state index contributed by atoms with van der Waals surface area (Å²) in [6, 6.07) is 21.4. The second-order valence-electron chi connectivity index (χ2n) is 5.12. The number of fused-ring (bicyclic) bond motifs is 1. The molecule has 0 spiro atoms. The van der Waals surface area contributed by atoms with Crippen molar-refractivity contribution < 1.29 is 9.53 Å². The highest BCUT2D eigenvalue weighted by Gasteiger charge is 2.00. The molecule has 0 saturated heterocycles. The minimum atomic E-state index is -0.164. The highest BCUT2D eigenvalue weighted by atomic mass is 16.5. The summed E-state index contributed by atoms with van der Waals surface area (Å²) in [5.41, 5.74) is 1.76. The molecule has 114 valence electrons. The highest BCUT2D eigenvalue weighted by Crippen LogP contribution is 2.20. The minimum Gasteiger partial charge on any atom is -0.497 e. The van der Waals surface area contributed by atoms with E-state index in [1.165, 1.54) is 0 Å². The first-order chi connectivity index (χ1) is 11.3. The Hall–Kier alpha value is -3.07. The van der Waals surface area contributed by atoms with Crippen LogP contribution in [0.1, 0.15) is 5.56 Å². The van der Waals surface area contributed by atoms with Crippen LogP contribution in [0.3, 0.4) is 0 Å². The number of rotatable bonds is 4. The van der Waals surface area contributed by atoms with Gasteiger partial charge in [-0.1, -0.05) is 42.5 Å². The first-order valence-electron chi connectivity index (χ1n) is 7.37. The maximum absolute atomic E-state index is 12.0. The van der Waals surface area contributed by atoms with E-state index in [4.69, 9.17) is 4.74 Å². The molecule has 0 unspecified atom stereocenters. The van der Waals surface area contributed by atoms with Gasteiger partial charge in [-0.15, -0.1) is 0 Å². The molecule has 1 N–H and O–H groups in total. The van der Waals surface area contributed by atoms with E-state index >= 15 is 0 Å². The summed E-state index contributed by atoms with van der Waals surface area (Å²) in [4.78, 5) is 12.0. The third-order valence-electron chi connectivity index (χ3n) is 3.60. The van der Waals surface area contributed by atoms with Crippen molar-refractivity contribution in [1.82, 2.24) is 0 Å². The van der Waals surface area contributed by atoms with Crippen LogP contribution in [0.5, 0.6) is 5.75 Å². The van der Waals surface area contributed by atoms with Gasteiger partial charge in [0.1, 0.15) is 5.75 Å². The van der Waals surface area contributed by atoms with E-state index in [1.807, 2.05) is 54.6 Å². The van der Waals surface area contributed by atoms with Gasteiger partial charge in [-0.25, -0.2) is 0 Å². The Labute approximate surface area is 135 Å². The molecule has 0 aliphatic heterocycles. The van der Waals surface area contributed by atoms with E-state index in [1.54, 1.807) is 13.2 Å². The molecule has 0 heterocycles. The largest absolute Gasteiger partial charge is 0.497 e. The van der Waals surface area contributed by atoms with Crippen LogP contribution in [0, 0.1) is 0 Å². The fourth-order valence-corrected chi connectivity index (χ4v) is 2.42. The Morgan fingerprint density at radius 3 is 2.48 bits per heavy atom. The molecule has 3 aromatic rings. The number of carbonyl (C=O) groups excluding carboxylic acids is 1. The molecular weight excluding hydrogens is 286 g/mol. The molecule has 3 rings (SSSR count). The van der Waals surface area contributed by atoms with Crippen molar-refractivity contribution in [1.29, 1.82) is 0 Å². The van der Waals surface area contributed by atoms with Gasteiger partial charge in [0.2, 0.25) is 5.91 Å². The van der Waals surface area contributed by atoms with Gasteiger partial charge in [0.15, 0.2) is 0 Å². The fraction of sp³-hybridized carbons (Fsp3) is 0.0500. The summed E-state index contributed by atoms with van der Waals surface area (Å²) in [6.45, 7) is 0. The number of methoxy groups -OCH3 is 1. The maximum atomic E-state index is 12.0. The number of anilines is 1. The summed E-state index contributed by atoms with van der Waals surface area (Å²) in [7, 11) is 1.61. The average molecular weight is 303 g/mol. The standard InChI is InChI=1S/C20H17NO2/c1-23-18-12-10-17(11-13-18)21-20(22)14-9-16-7-4-6-15-5-2-3-8-19(15)16/h2-14H,1H3,(H,21,22). The predicted molar refractivity (Wildman–Crippen MR) is 94.6 cm³/mol. The lowest BCUT2D eigenvalue weighted by Crippen LogP contribution is -2.07. The smallest absolute Gasteiger partial charge is 0.248 e. The Kier molecular flexibility index (Phi) is 4.39. The van der Waals surface area contributed by atoms with Crippen molar-refractivity contribution in [3.05, 3.63) is 78.4 Å². The summed E-state index contributed by atoms with van der Waals surface area (Å²) in [5, 5.41) is 5.12. The summed E-state index contributed by atoms with van der Waals surface area (Å²) in [6.07, 6.45) is 3.38. The van der Waals surface area contributed by atoms with Crippen LogP contribution in [0.25, 0.3) is 16.8 Å². The maximum Gasteiger partial charge on any atom is 0.248 e. The number of ether oxygens (including phenoxy) is 1. The SMILES string of the molecule is COc1ccc(NC(=O)C=Cc2cccc3ccccc23)cc1. The normalized spacial score (nSPS) is 10.8. The van der Waals surface area contributed by atoms with Crippen molar-refractivity contribution in [2.75, 3.05) is 12.4 Å². The molecule has 3 nitrogen and oxygen atoms in total. The topological polar surface area (TPSA) is 38.3 Å². The molecule has 3 heteroatoms. The van der Waals surface area contributed by atoms with Gasteiger partial charge in [0.05, 0.1) is 7.11 Å². The summed E-state index contributed by atoms with van der Waals surface area (Å²) < 4.78 is 5.09. The first-order valence-corrected chi connectivity index (χ1v) is 7.37. The molecular formula is C20H17NO2. The molecule has 0 aliphatic rings. The number of carbonyl (C=O) groups is 1. The molecule has 0 radical (unpaired) electrons. The van der Waals surface area contributed by atoms with Gasteiger partial charge >= 0.3 is 0 Å². The van der Waals surface area contributed by atoms with Crippen LogP contribution in [0.15, 0.2) is 72.8 Å². The van der Waals surface area contributed by atoms with Crippen LogP contribution >= 0.6 is 0 Å². The molecule has 23 heavy (non-hydrogen) atoms. The van der Waals surface area contributed by atoms with Gasteiger partial charge in [-0.05, 0) is 46.7 Å². The quantitative estimate of drug-likeness (QED) is 0.721. The van der Waals surface area contributed by atoms with Crippen molar-refractivity contribution in [3.63, 3.8) is 0 Å². The third-order valence-corrected chi connectivity index (χ3v) is 3.60. The summed E-state index contributed by atoms with van der Waals surface area (Å²) >= 11 is 0. The van der Waals surface area contributed by atoms with Crippen LogP contribution in [0.4, 0.5) is 5.69 Å². The van der Waals surface area contributed by atoms with E-state index in [0.717, 1.165) is 27.8 Å². The van der Waals surface area contributed by atoms with Crippen LogP contribution in [-0.2, 0) is 4.79 Å². The third kappa shape index (κ3) is 3.58. The fourth-order valence-electron chi connectivity index (χ4n) is 2.42. The number of hydrogen-bond donors (Lipinski definition) is 1. The van der Waals surface area contributed by atoms with E-state index in [2.05, 4.69) is 23.5 Å². The Morgan fingerprint density at radius 1 is 0.957 bits per heavy atom. The number of benzene rings is 3. The van der Waals surface area contributed by atoms with E-state index in [0.29, 0.717) is 0 Å². The van der Waals surface area contributed by atoms with E-state index in [-0.39, 0.29) is 5.91 Å². The van der Waals surface area contributed by atoms with Crippen molar-refractivity contribution >= 4 is 28.4 Å². The van der Waals surface area contributed by atoms with Crippen LogP contribution < -0.4 is 10.1 Å². The lowest BCUT2D eigenvalue weighted by molar-refractivity contribution is -0.111. The Bertz CT molecular complexity index is 846. The molecule has 0 saturated carbocycles. The van der Waals surface area contributed by atoms with Crippen molar-refractivity contribution in [2.45, 2.75) is 0 Å².